The van der Waals surface area contributed by atoms with Crippen LogP contribution in [0.3, 0.4) is 0 Å². The van der Waals surface area contributed by atoms with E-state index in [1.807, 2.05) is 45.9 Å². The number of carbonyl (C=O) groups is 2. The number of hydrogen-bond acceptors (Lipinski definition) is 9. The van der Waals surface area contributed by atoms with Crippen molar-refractivity contribution in [2.75, 3.05) is 26.2 Å². The van der Waals surface area contributed by atoms with Crippen molar-refractivity contribution in [2.24, 2.45) is 11.8 Å². The van der Waals surface area contributed by atoms with Gasteiger partial charge in [0.05, 0.1) is 36.4 Å². The molecule has 10 heteroatoms. The molecule has 10 unspecified atom stereocenters. The van der Waals surface area contributed by atoms with Crippen LogP contribution in [0.2, 0.25) is 0 Å². The predicted octanol–water partition coefficient (Wildman–Crippen LogP) is 4.29. The molecule has 0 radical (unpaired) electrons. The van der Waals surface area contributed by atoms with Gasteiger partial charge in [-0.2, -0.15) is 0 Å². The van der Waals surface area contributed by atoms with Gasteiger partial charge in [-0.3, -0.25) is 9.69 Å². The van der Waals surface area contributed by atoms with Gasteiger partial charge in [0.1, 0.15) is 12.2 Å². The van der Waals surface area contributed by atoms with E-state index in [-0.39, 0.29) is 36.6 Å². The molecule has 0 aliphatic carbocycles. The molecule has 3 fully saturated rings. The lowest BCUT2D eigenvalue weighted by atomic mass is 9.91. The van der Waals surface area contributed by atoms with Crippen LogP contribution in [0.4, 0.5) is 4.79 Å². The highest BCUT2D eigenvalue weighted by Gasteiger charge is 2.47. The number of aliphatic hydroxyl groups excluding tert-OH is 2. The van der Waals surface area contributed by atoms with Crippen molar-refractivity contribution in [3.8, 4) is 0 Å². The number of aliphatic hydroxyl groups is 3. The first-order chi connectivity index (χ1) is 21.8. The van der Waals surface area contributed by atoms with E-state index < -0.39 is 36.0 Å². The minimum atomic E-state index is -1.13. The Morgan fingerprint density at radius 1 is 1.26 bits per heavy atom. The van der Waals surface area contributed by atoms with E-state index in [9.17, 15) is 24.9 Å². The molecule has 46 heavy (non-hydrogen) atoms. The summed E-state index contributed by atoms with van der Waals surface area (Å²) in [4.78, 5) is 30.3. The van der Waals surface area contributed by atoms with Crippen molar-refractivity contribution in [3.05, 3.63) is 48.1 Å². The Hall–Kier alpha value is -2.50. The first-order valence-electron chi connectivity index (χ1n) is 17.1. The Balaban J connectivity index is 1.43. The van der Waals surface area contributed by atoms with E-state index in [1.54, 1.807) is 24.0 Å². The summed E-state index contributed by atoms with van der Waals surface area (Å²) < 4.78 is 17.6. The number of ether oxygens (including phenoxy) is 3. The van der Waals surface area contributed by atoms with E-state index in [0.29, 0.717) is 50.4 Å². The Labute approximate surface area is 274 Å². The second kappa shape index (κ2) is 16.1. The van der Waals surface area contributed by atoms with Crippen molar-refractivity contribution in [1.29, 1.82) is 0 Å². The maximum atomic E-state index is 13.2. The number of rotatable bonds is 9. The maximum absolute atomic E-state index is 13.2. The number of cyclic esters (lactones) is 1. The molecule has 3 N–H and O–H groups in total. The highest BCUT2D eigenvalue weighted by atomic mass is 16.6. The lowest BCUT2D eigenvalue weighted by molar-refractivity contribution is -0.151. The average molecular weight is 645 g/mol. The third kappa shape index (κ3) is 10.0. The minimum Gasteiger partial charge on any atom is -0.457 e. The lowest BCUT2D eigenvalue weighted by Crippen LogP contribution is -2.52. The molecule has 258 valence electrons. The third-order valence-electron chi connectivity index (χ3n) is 10.0. The van der Waals surface area contributed by atoms with Gasteiger partial charge in [0.15, 0.2) is 0 Å². The van der Waals surface area contributed by atoms with Crippen LogP contribution in [0.1, 0.15) is 79.6 Å². The Morgan fingerprint density at radius 3 is 2.76 bits per heavy atom. The van der Waals surface area contributed by atoms with E-state index in [2.05, 4.69) is 11.5 Å². The van der Waals surface area contributed by atoms with Crippen molar-refractivity contribution < 1.29 is 39.1 Å². The monoisotopic (exact) mass is 644 g/mol. The van der Waals surface area contributed by atoms with Crippen LogP contribution >= 0.6 is 0 Å². The second-order valence-corrected chi connectivity index (χ2v) is 14.1. The van der Waals surface area contributed by atoms with Crippen LogP contribution in [0.5, 0.6) is 0 Å². The van der Waals surface area contributed by atoms with E-state index >= 15 is 0 Å². The molecule has 0 aromatic rings. The van der Waals surface area contributed by atoms with Crippen LogP contribution in [-0.2, 0) is 19.0 Å². The molecule has 0 spiro atoms. The summed E-state index contributed by atoms with van der Waals surface area (Å²) in [5, 5.41) is 31.7. The molecule has 4 rings (SSSR count). The van der Waals surface area contributed by atoms with Crippen molar-refractivity contribution in [1.82, 2.24) is 9.80 Å². The molecule has 4 aliphatic heterocycles. The van der Waals surface area contributed by atoms with Crippen LogP contribution in [0.15, 0.2) is 48.1 Å². The van der Waals surface area contributed by atoms with Gasteiger partial charge in [0, 0.05) is 43.9 Å². The molecule has 0 saturated carbocycles. The molecule has 4 aliphatic rings. The first-order valence-corrected chi connectivity index (χ1v) is 17.1. The summed E-state index contributed by atoms with van der Waals surface area (Å²) in [5.74, 6) is -0.778. The number of nitrogens with zero attached hydrogens (tertiary/aromatic N) is 2. The third-order valence-corrected chi connectivity index (χ3v) is 10.0. The molecule has 4 heterocycles. The Kier molecular flexibility index (Phi) is 12.7. The van der Waals surface area contributed by atoms with Gasteiger partial charge in [-0.15, -0.1) is 0 Å². The lowest BCUT2D eigenvalue weighted by Gasteiger charge is -2.37. The molecule has 10 atom stereocenters. The largest absolute Gasteiger partial charge is 0.457 e. The standard InChI is InChI=1S/C36H56N2O8/c1-7-29(40)26(5)34-31(44-34)21-36(6,43)16-8-10-24(3)33-25(4)13-15-30(23(2)12-14-28(39)20-32(41)46-33)45-35(42)38-19-18-37-17-9-11-27(37)22-38/h8,10,13,15-16,25-31,33-34,39-40,43H,2,7,9,11-12,14,17-22H2,1,3-6H3/b15-13+,16-8+,24-10+. The number of epoxide rings is 1. The number of amides is 1. The normalized spacial score (nSPS) is 34.9. The van der Waals surface area contributed by atoms with E-state index in [0.717, 1.165) is 31.5 Å². The zero-order valence-corrected chi connectivity index (χ0v) is 28.3. The fourth-order valence-electron chi connectivity index (χ4n) is 6.92. The van der Waals surface area contributed by atoms with Crippen LogP contribution in [0, 0.1) is 11.8 Å². The molecular weight excluding hydrogens is 588 g/mol. The number of esters is 1. The van der Waals surface area contributed by atoms with Crippen LogP contribution in [0.25, 0.3) is 0 Å². The number of carbonyl (C=O) groups excluding carboxylic acids is 2. The Morgan fingerprint density at radius 2 is 2.02 bits per heavy atom. The molecule has 0 aromatic heterocycles. The predicted molar refractivity (Wildman–Crippen MR) is 176 cm³/mol. The zero-order valence-electron chi connectivity index (χ0n) is 28.3. The summed E-state index contributed by atoms with van der Waals surface area (Å²) in [7, 11) is 0. The summed E-state index contributed by atoms with van der Waals surface area (Å²) in [6, 6.07) is 0.386. The quantitative estimate of drug-likeness (QED) is 0.146. The highest BCUT2D eigenvalue weighted by Crippen LogP contribution is 2.37. The van der Waals surface area contributed by atoms with Gasteiger partial charge in [-0.05, 0) is 69.7 Å². The number of piperazine rings is 1. The number of hydrogen-bond donors (Lipinski definition) is 3. The number of fused-ring (bicyclic) bond motifs is 1. The molecule has 0 aromatic carbocycles. The summed E-state index contributed by atoms with van der Waals surface area (Å²) in [5.41, 5.74) is 0.290. The van der Waals surface area contributed by atoms with E-state index in [1.165, 1.54) is 0 Å². The SMILES string of the molecule is C=C1CCC(O)CC(=O)OC(/C(C)=C/C=C/C(C)(O)CC2OC2C(C)C(O)CC)C(C)/C=C/C1OC(=O)N1CCN2CCCC2C1. The molecular formula is C36H56N2O8. The molecule has 1 amide bonds. The molecule has 10 nitrogen and oxygen atoms in total. The molecule has 3 saturated heterocycles. The van der Waals surface area contributed by atoms with E-state index in [4.69, 9.17) is 14.2 Å². The van der Waals surface area contributed by atoms with Crippen molar-refractivity contribution >= 4 is 12.1 Å². The maximum Gasteiger partial charge on any atom is 0.410 e. The van der Waals surface area contributed by atoms with Gasteiger partial charge in [0.25, 0.3) is 0 Å². The minimum absolute atomic E-state index is 0.00343. The van der Waals surface area contributed by atoms with Gasteiger partial charge >= 0.3 is 12.1 Å². The van der Waals surface area contributed by atoms with Crippen molar-refractivity contribution in [2.45, 2.75) is 128 Å². The summed E-state index contributed by atoms with van der Waals surface area (Å²) in [6.07, 6.45) is 9.61. The topological polar surface area (TPSA) is 132 Å². The Bertz CT molecular complexity index is 1160. The summed E-state index contributed by atoms with van der Waals surface area (Å²) >= 11 is 0. The van der Waals surface area contributed by atoms with Gasteiger partial charge in [-0.1, -0.05) is 51.7 Å². The van der Waals surface area contributed by atoms with Crippen molar-refractivity contribution in [3.63, 3.8) is 0 Å². The summed E-state index contributed by atoms with van der Waals surface area (Å²) in [6.45, 7) is 16.8. The van der Waals surface area contributed by atoms with Gasteiger partial charge in [-0.25, -0.2) is 4.79 Å². The van der Waals surface area contributed by atoms with Crippen LogP contribution in [-0.4, -0.2) is 112 Å². The fraction of sp³-hybridized carbons (Fsp3) is 0.722. The van der Waals surface area contributed by atoms with Gasteiger partial charge < -0.3 is 34.4 Å². The zero-order chi connectivity index (χ0) is 33.6. The van der Waals surface area contributed by atoms with Crippen LogP contribution < -0.4 is 0 Å². The first kappa shape index (κ1) is 36.3. The van der Waals surface area contributed by atoms with Gasteiger partial charge in [0.2, 0.25) is 0 Å². The average Bonchev–Trinajstić information content (AvgIpc) is 3.59. The number of allylic oxidation sites excluding steroid dienone is 2. The highest BCUT2D eigenvalue weighted by molar-refractivity contribution is 5.70. The molecule has 0 bridgehead atoms. The smallest absolute Gasteiger partial charge is 0.410 e. The second-order valence-electron chi connectivity index (χ2n) is 14.1. The fourth-order valence-corrected chi connectivity index (χ4v) is 6.92.